The third-order valence-electron chi connectivity index (χ3n) is 4.34. The van der Waals surface area contributed by atoms with Crippen molar-refractivity contribution in [2.75, 3.05) is 39.6 Å². The summed E-state index contributed by atoms with van der Waals surface area (Å²) in [5, 5.41) is 0. The maximum absolute atomic E-state index is 5.21. The molecule has 4 aliphatic rings. The van der Waals surface area contributed by atoms with Crippen molar-refractivity contribution in [3.63, 3.8) is 0 Å². The number of hydrogen-bond acceptors (Lipinski definition) is 8. The summed E-state index contributed by atoms with van der Waals surface area (Å²) in [6, 6.07) is 0. The second-order valence-corrected chi connectivity index (χ2v) is 8.26. The van der Waals surface area contributed by atoms with Crippen LogP contribution in [0, 0.1) is 5.41 Å². The van der Waals surface area contributed by atoms with Crippen LogP contribution in [0.1, 0.15) is 48.0 Å². The Bertz CT molecular complexity index is 363. The second-order valence-electron chi connectivity index (χ2n) is 8.26. The summed E-state index contributed by atoms with van der Waals surface area (Å²) in [6.07, 6.45) is 1.02. The third kappa shape index (κ3) is 11.2. The summed E-state index contributed by atoms with van der Waals surface area (Å²) in [5.41, 5.74) is -0.172. The van der Waals surface area contributed by atoms with E-state index >= 15 is 0 Å². The van der Waals surface area contributed by atoms with E-state index in [-0.39, 0.29) is 16.6 Å². The second kappa shape index (κ2) is 13.3. The van der Waals surface area contributed by atoms with Gasteiger partial charge in [0, 0.05) is 31.8 Å². The molecule has 4 rings (SSSR count). The molecule has 4 heterocycles. The van der Waals surface area contributed by atoms with Crippen molar-refractivity contribution in [2.24, 2.45) is 5.41 Å². The van der Waals surface area contributed by atoms with Crippen LogP contribution in [0.4, 0.5) is 0 Å². The van der Waals surface area contributed by atoms with Gasteiger partial charge in [-0.2, -0.15) is 0 Å². The van der Waals surface area contributed by atoms with Gasteiger partial charge in [-0.1, -0.05) is 13.8 Å². The van der Waals surface area contributed by atoms with Crippen LogP contribution in [0.5, 0.6) is 0 Å². The summed E-state index contributed by atoms with van der Waals surface area (Å²) < 4.78 is 38.9. The van der Waals surface area contributed by atoms with E-state index in [9.17, 15) is 0 Å². The average Bonchev–Trinajstić information content (AvgIpc) is 3.30. The van der Waals surface area contributed by atoms with Crippen LogP contribution in [0.3, 0.4) is 0 Å². The van der Waals surface area contributed by atoms with E-state index in [4.69, 9.17) is 27.9 Å². The summed E-state index contributed by atoms with van der Waals surface area (Å²) >= 11 is 0. The Balaban J connectivity index is 0.000000191. The highest BCUT2D eigenvalue weighted by Crippen LogP contribution is 2.33. The molecule has 0 N–H and O–H groups in total. The zero-order valence-electron chi connectivity index (χ0n) is 18.0. The SMILES string of the molecule is CC1(C)CO[B]OC1.CC1(C)O[B]OC1(C)C.[B]1OCCCO1.[B]1OCCO1. The molecule has 4 aliphatic heterocycles. The molecular weight excluding hydrogens is 363 g/mol. The van der Waals surface area contributed by atoms with Gasteiger partial charge in [0.1, 0.15) is 0 Å². The highest BCUT2D eigenvalue weighted by Gasteiger charge is 2.44. The Hall–Kier alpha value is -0.0603. The van der Waals surface area contributed by atoms with Crippen molar-refractivity contribution < 1.29 is 37.2 Å². The minimum absolute atomic E-state index is 0.187. The van der Waals surface area contributed by atoms with Crippen LogP contribution in [-0.2, 0) is 37.2 Å². The van der Waals surface area contributed by atoms with E-state index in [0.29, 0.717) is 0 Å². The normalized spacial score (nSPS) is 26.1. The first-order chi connectivity index (χ1) is 13.2. The maximum atomic E-state index is 5.21. The largest absolute Gasteiger partial charge is 0.488 e. The summed E-state index contributed by atoms with van der Waals surface area (Å²) in [5.74, 6) is 0. The van der Waals surface area contributed by atoms with Gasteiger partial charge in [0.2, 0.25) is 0 Å². The molecule has 12 heteroatoms. The van der Waals surface area contributed by atoms with Crippen LogP contribution >= 0.6 is 0 Å². The van der Waals surface area contributed by atoms with Crippen molar-refractivity contribution in [2.45, 2.75) is 59.2 Å². The first kappa shape index (κ1) is 26.0. The molecule has 4 radical (unpaired) electrons. The van der Waals surface area contributed by atoms with Gasteiger partial charge in [-0.05, 0) is 34.1 Å². The maximum Gasteiger partial charge on any atom is 0.488 e. The van der Waals surface area contributed by atoms with Crippen LogP contribution in [0.2, 0.25) is 0 Å². The quantitative estimate of drug-likeness (QED) is 0.567. The third-order valence-corrected chi connectivity index (χ3v) is 4.34. The van der Waals surface area contributed by atoms with E-state index in [1.165, 1.54) is 30.7 Å². The lowest BCUT2D eigenvalue weighted by molar-refractivity contribution is 0.00578. The summed E-state index contributed by atoms with van der Waals surface area (Å²) in [6.45, 7) is 16.9. The predicted molar refractivity (Wildman–Crippen MR) is 107 cm³/mol. The minimum Gasteiger partial charge on any atom is -0.413 e. The zero-order chi connectivity index (χ0) is 20.9. The lowest BCUT2D eigenvalue weighted by Crippen LogP contribution is -2.41. The fourth-order valence-electron chi connectivity index (χ4n) is 1.77. The Labute approximate surface area is 172 Å². The Morgan fingerprint density at radius 2 is 0.893 bits per heavy atom. The van der Waals surface area contributed by atoms with Gasteiger partial charge in [-0.25, -0.2) is 0 Å². The first-order valence-electron chi connectivity index (χ1n) is 9.48. The Kier molecular flexibility index (Phi) is 12.3. The smallest absolute Gasteiger partial charge is 0.413 e. The van der Waals surface area contributed by atoms with Crippen molar-refractivity contribution in [1.82, 2.24) is 0 Å². The molecule has 156 valence electrons. The van der Waals surface area contributed by atoms with Crippen molar-refractivity contribution in [3.8, 4) is 0 Å². The van der Waals surface area contributed by atoms with Crippen LogP contribution in [0.15, 0.2) is 0 Å². The first-order valence-corrected chi connectivity index (χ1v) is 9.48. The topological polar surface area (TPSA) is 73.8 Å². The van der Waals surface area contributed by atoms with Gasteiger partial charge in [0.05, 0.1) is 24.4 Å². The van der Waals surface area contributed by atoms with E-state index in [1.807, 2.05) is 27.7 Å². The molecule has 0 bridgehead atoms. The Morgan fingerprint density at radius 3 is 1.07 bits per heavy atom. The minimum atomic E-state index is -0.188. The lowest BCUT2D eigenvalue weighted by atomic mass is 9.90. The van der Waals surface area contributed by atoms with Gasteiger partial charge in [-0.15, -0.1) is 0 Å². The van der Waals surface area contributed by atoms with E-state index in [0.717, 1.165) is 46.1 Å². The summed E-state index contributed by atoms with van der Waals surface area (Å²) in [7, 11) is 5.58. The summed E-state index contributed by atoms with van der Waals surface area (Å²) in [4.78, 5) is 0. The molecule has 0 spiro atoms. The van der Waals surface area contributed by atoms with Crippen LogP contribution in [0.25, 0.3) is 0 Å². The average molecular weight is 396 g/mol. The van der Waals surface area contributed by atoms with Gasteiger partial charge in [0.15, 0.2) is 0 Å². The number of rotatable bonds is 0. The molecule has 4 fully saturated rings. The molecular formula is C16H32B4O8. The molecule has 8 nitrogen and oxygen atoms in total. The molecule has 0 unspecified atom stereocenters. The molecule has 0 amide bonds. The van der Waals surface area contributed by atoms with Crippen LogP contribution < -0.4 is 0 Å². The molecule has 4 saturated heterocycles. The van der Waals surface area contributed by atoms with Crippen molar-refractivity contribution in [1.29, 1.82) is 0 Å². The molecule has 28 heavy (non-hydrogen) atoms. The molecule has 0 aliphatic carbocycles. The highest BCUT2D eigenvalue weighted by molar-refractivity contribution is 6.19. The molecule has 0 saturated carbocycles. The van der Waals surface area contributed by atoms with Crippen molar-refractivity contribution in [3.05, 3.63) is 0 Å². The molecule has 0 atom stereocenters. The van der Waals surface area contributed by atoms with Gasteiger partial charge < -0.3 is 37.2 Å². The van der Waals surface area contributed by atoms with E-state index in [1.54, 1.807) is 0 Å². The fraction of sp³-hybridized carbons (Fsp3) is 1.00. The van der Waals surface area contributed by atoms with E-state index < -0.39 is 0 Å². The Morgan fingerprint density at radius 1 is 0.500 bits per heavy atom. The van der Waals surface area contributed by atoms with Gasteiger partial charge >= 0.3 is 30.7 Å². The van der Waals surface area contributed by atoms with Gasteiger partial charge in [0.25, 0.3) is 0 Å². The van der Waals surface area contributed by atoms with Crippen molar-refractivity contribution >= 4 is 30.7 Å². The highest BCUT2D eigenvalue weighted by atomic mass is 16.7. The zero-order valence-corrected chi connectivity index (χ0v) is 18.0. The molecule has 0 aromatic heterocycles. The van der Waals surface area contributed by atoms with E-state index in [2.05, 4.69) is 23.2 Å². The molecule has 0 aromatic rings. The van der Waals surface area contributed by atoms with Crippen LogP contribution in [-0.4, -0.2) is 81.6 Å². The number of hydrogen-bond donors (Lipinski definition) is 0. The molecule has 0 aromatic carbocycles. The lowest BCUT2D eigenvalue weighted by Gasteiger charge is -2.32. The standard InChI is InChI=1S/C6H12BO2.C5H10BO2.C3H6BO2.C2H4BO2/c1-5(2)6(3,4)9-7-8-5;1-5(2)3-7-6-8-4-5;1-2-5-4-6-3-1;1-2-5-3-4-1/h1-4H3;3-4H2,1-2H3;1-3H2;1-2H2. The van der Waals surface area contributed by atoms with Gasteiger partial charge in [-0.3, -0.25) is 0 Å². The fourth-order valence-corrected chi connectivity index (χ4v) is 1.77. The monoisotopic (exact) mass is 396 g/mol. The predicted octanol–water partition coefficient (Wildman–Crippen LogP) is 1.24.